The Morgan fingerprint density at radius 2 is 2.06 bits per heavy atom. The van der Waals surface area contributed by atoms with Crippen molar-refractivity contribution in [1.82, 2.24) is 0 Å². The van der Waals surface area contributed by atoms with E-state index in [4.69, 9.17) is 5.11 Å². The zero-order chi connectivity index (χ0) is 12.0. The fraction of sp³-hybridized carbons (Fsp3) is 0.917. The number of hydrogen-bond donors (Lipinski definition) is 2. The summed E-state index contributed by atoms with van der Waals surface area (Å²) in [5.41, 5.74) is 0. The van der Waals surface area contributed by atoms with Crippen LogP contribution in [0, 0.1) is 5.92 Å². The molecule has 94 valence electrons. The molecule has 0 amide bonds. The summed E-state index contributed by atoms with van der Waals surface area (Å²) in [7, 11) is 0. The van der Waals surface area contributed by atoms with Gasteiger partial charge in [0.1, 0.15) is 4.75 Å². The van der Waals surface area contributed by atoms with E-state index in [1.807, 2.05) is 0 Å². The van der Waals surface area contributed by atoms with Crippen molar-refractivity contribution in [2.45, 2.75) is 50.2 Å². The van der Waals surface area contributed by atoms with Gasteiger partial charge in [0, 0.05) is 5.75 Å². The van der Waals surface area contributed by atoms with Crippen molar-refractivity contribution in [1.29, 1.82) is 0 Å². The molecular weight excluding hydrogens is 224 g/mol. The average Bonchev–Trinajstić information content (AvgIpc) is 2.28. The number of rotatable bonds is 6. The van der Waals surface area contributed by atoms with Crippen molar-refractivity contribution in [3.05, 3.63) is 0 Å². The van der Waals surface area contributed by atoms with Gasteiger partial charge in [-0.3, -0.25) is 4.79 Å². The first kappa shape index (κ1) is 13.8. The predicted octanol–water partition coefficient (Wildman–Crippen LogP) is 2.53. The van der Waals surface area contributed by atoms with Gasteiger partial charge in [0.25, 0.3) is 0 Å². The molecule has 0 atom stereocenters. The first-order valence-corrected chi connectivity index (χ1v) is 7.11. The molecule has 16 heavy (non-hydrogen) atoms. The Bertz CT molecular complexity index is 222. The lowest BCUT2D eigenvalue weighted by Gasteiger charge is -2.36. The van der Waals surface area contributed by atoms with Crippen LogP contribution in [-0.2, 0) is 4.79 Å². The van der Waals surface area contributed by atoms with E-state index in [0.29, 0.717) is 11.7 Å². The molecule has 0 spiro atoms. The van der Waals surface area contributed by atoms with Gasteiger partial charge in [-0.1, -0.05) is 19.8 Å². The molecule has 0 aromatic carbocycles. The number of aliphatic hydroxyl groups is 1. The van der Waals surface area contributed by atoms with Crippen molar-refractivity contribution in [3.63, 3.8) is 0 Å². The normalized spacial score (nSPS) is 30.2. The quantitative estimate of drug-likeness (QED) is 0.756. The van der Waals surface area contributed by atoms with Crippen molar-refractivity contribution >= 4 is 17.7 Å². The number of carboxylic acid groups (broad SMARTS) is 1. The van der Waals surface area contributed by atoms with E-state index in [0.717, 1.165) is 25.7 Å². The highest BCUT2D eigenvalue weighted by Gasteiger charge is 2.41. The molecule has 2 N–H and O–H groups in total. The highest BCUT2D eigenvalue weighted by molar-refractivity contribution is 8.01. The van der Waals surface area contributed by atoms with E-state index in [9.17, 15) is 9.90 Å². The molecule has 1 rings (SSSR count). The third-order valence-electron chi connectivity index (χ3n) is 3.47. The maximum absolute atomic E-state index is 11.3. The lowest BCUT2D eigenvalue weighted by molar-refractivity contribution is -0.141. The van der Waals surface area contributed by atoms with Crippen LogP contribution in [0.5, 0.6) is 0 Å². The maximum Gasteiger partial charge on any atom is 0.319 e. The van der Waals surface area contributed by atoms with Gasteiger partial charge < -0.3 is 10.2 Å². The predicted molar refractivity (Wildman–Crippen MR) is 66.8 cm³/mol. The fourth-order valence-electron chi connectivity index (χ4n) is 2.50. The molecule has 0 unspecified atom stereocenters. The molecule has 0 aromatic rings. The van der Waals surface area contributed by atoms with Gasteiger partial charge in [0.2, 0.25) is 0 Å². The van der Waals surface area contributed by atoms with Crippen molar-refractivity contribution in [2.24, 2.45) is 5.92 Å². The SMILES string of the molecule is CCCC1CCC(SCCO)(C(=O)O)CC1. The second kappa shape index (κ2) is 6.50. The Hall–Kier alpha value is -0.220. The minimum absolute atomic E-state index is 0.0675. The van der Waals surface area contributed by atoms with Crippen LogP contribution in [0.4, 0.5) is 0 Å². The molecule has 3 nitrogen and oxygen atoms in total. The molecule has 1 aliphatic rings. The van der Waals surface area contributed by atoms with E-state index >= 15 is 0 Å². The number of carboxylic acids is 1. The minimum Gasteiger partial charge on any atom is -0.480 e. The fourth-order valence-corrected chi connectivity index (χ4v) is 3.63. The van der Waals surface area contributed by atoms with Crippen LogP contribution in [0.25, 0.3) is 0 Å². The molecule has 0 aliphatic heterocycles. The van der Waals surface area contributed by atoms with Crippen molar-refractivity contribution < 1.29 is 15.0 Å². The lowest BCUT2D eigenvalue weighted by Crippen LogP contribution is -2.39. The molecule has 1 aliphatic carbocycles. The summed E-state index contributed by atoms with van der Waals surface area (Å²) in [4.78, 5) is 11.3. The molecule has 0 bridgehead atoms. The van der Waals surface area contributed by atoms with Crippen LogP contribution in [0.2, 0.25) is 0 Å². The molecular formula is C12H22O3S. The average molecular weight is 246 g/mol. The molecule has 4 heteroatoms. The summed E-state index contributed by atoms with van der Waals surface area (Å²) in [6.07, 6.45) is 5.99. The number of thioether (sulfide) groups is 1. The van der Waals surface area contributed by atoms with Crippen LogP contribution in [0.1, 0.15) is 45.4 Å². The van der Waals surface area contributed by atoms with Gasteiger partial charge >= 0.3 is 5.97 Å². The molecule has 0 saturated heterocycles. The van der Waals surface area contributed by atoms with Crippen molar-refractivity contribution in [2.75, 3.05) is 12.4 Å². The standard InChI is InChI=1S/C12H22O3S/c1-2-3-10-4-6-12(7-5-10,11(14)15)16-9-8-13/h10,13H,2-9H2,1H3,(H,14,15). The Kier molecular flexibility index (Phi) is 5.62. The van der Waals surface area contributed by atoms with Crippen LogP contribution >= 0.6 is 11.8 Å². The second-order valence-electron chi connectivity index (χ2n) is 4.60. The molecule has 0 heterocycles. The third kappa shape index (κ3) is 3.39. The minimum atomic E-state index is -0.694. The number of hydrogen-bond acceptors (Lipinski definition) is 3. The second-order valence-corrected chi connectivity index (χ2v) is 6.08. The van der Waals surface area contributed by atoms with Crippen molar-refractivity contribution in [3.8, 4) is 0 Å². The zero-order valence-electron chi connectivity index (χ0n) is 9.95. The summed E-state index contributed by atoms with van der Waals surface area (Å²) >= 11 is 1.42. The van der Waals surface area contributed by atoms with Gasteiger partial charge in [0.15, 0.2) is 0 Å². The topological polar surface area (TPSA) is 57.5 Å². The molecule has 0 radical (unpaired) electrons. The Balaban J connectivity index is 2.52. The first-order valence-electron chi connectivity index (χ1n) is 6.13. The highest BCUT2D eigenvalue weighted by Crippen LogP contribution is 2.43. The Morgan fingerprint density at radius 1 is 1.44 bits per heavy atom. The third-order valence-corrected chi connectivity index (χ3v) is 4.99. The van der Waals surface area contributed by atoms with Crippen LogP contribution < -0.4 is 0 Å². The monoisotopic (exact) mass is 246 g/mol. The summed E-state index contributed by atoms with van der Waals surface area (Å²) in [6, 6.07) is 0. The number of aliphatic hydroxyl groups excluding tert-OH is 1. The van der Waals surface area contributed by atoms with Gasteiger partial charge in [-0.15, -0.1) is 11.8 Å². The first-order chi connectivity index (χ1) is 7.64. The van der Waals surface area contributed by atoms with Gasteiger partial charge in [-0.2, -0.15) is 0 Å². The highest BCUT2D eigenvalue weighted by atomic mass is 32.2. The van der Waals surface area contributed by atoms with Gasteiger partial charge in [-0.25, -0.2) is 0 Å². The molecule has 0 aromatic heterocycles. The van der Waals surface area contributed by atoms with E-state index in [1.165, 1.54) is 24.6 Å². The van der Waals surface area contributed by atoms with E-state index in [2.05, 4.69) is 6.92 Å². The molecule has 1 saturated carbocycles. The molecule has 1 fully saturated rings. The maximum atomic E-state index is 11.3. The van der Waals surface area contributed by atoms with Gasteiger partial charge in [0.05, 0.1) is 6.61 Å². The van der Waals surface area contributed by atoms with Crippen LogP contribution in [0.3, 0.4) is 0 Å². The summed E-state index contributed by atoms with van der Waals surface area (Å²) in [5.74, 6) is 0.554. The van der Waals surface area contributed by atoms with E-state index in [1.54, 1.807) is 0 Å². The number of carbonyl (C=O) groups is 1. The van der Waals surface area contributed by atoms with Gasteiger partial charge in [-0.05, 0) is 31.6 Å². The Morgan fingerprint density at radius 3 is 2.50 bits per heavy atom. The van der Waals surface area contributed by atoms with Crippen LogP contribution in [-0.4, -0.2) is 33.3 Å². The summed E-state index contributed by atoms with van der Waals surface area (Å²) in [5, 5.41) is 18.1. The van der Waals surface area contributed by atoms with E-state index in [-0.39, 0.29) is 6.61 Å². The zero-order valence-corrected chi connectivity index (χ0v) is 10.8. The summed E-state index contributed by atoms with van der Waals surface area (Å²) in [6.45, 7) is 2.25. The van der Waals surface area contributed by atoms with E-state index < -0.39 is 10.7 Å². The summed E-state index contributed by atoms with van der Waals surface area (Å²) < 4.78 is -0.618. The Labute approximate surface area is 102 Å². The lowest BCUT2D eigenvalue weighted by atomic mass is 9.79. The smallest absolute Gasteiger partial charge is 0.319 e. The van der Waals surface area contributed by atoms with Crippen LogP contribution in [0.15, 0.2) is 0 Å². The number of aliphatic carboxylic acids is 1. The largest absolute Gasteiger partial charge is 0.480 e.